The number of aliphatic imine (C=N–C) groups is 1. The molecule has 0 saturated carbocycles. The van der Waals surface area contributed by atoms with E-state index in [-0.39, 0.29) is 5.41 Å². The van der Waals surface area contributed by atoms with Crippen LogP contribution in [0.1, 0.15) is 20.3 Å². The molecule has 25 heavy (non-hydrogen) atoms. The molecular formula is C22H22N2O. The zero-order valence-corrected chi connectivity index (χ0v) is 14.9. The largest absolute Gasteiger partial charge is 0.464 e. The van der Waals surface area contributed by atoms with Gasteiger partial charge in [-0.25, -0.2) is 0 Å². The molecule has 3 aliphatic rings. The number of likely N-dealkylation sites (tertiary alicyclic amines) is 1. The molecule has 126 valence electrons. The monoisotopic (exact) mass is 330 g/mol. The molecule has 3 nitrogen and oxygen atoms in total. The van der Waals surface area contributed by atoms with Crippen LogP contribution in [0.3, 0.4) is 0 Å². The molecule has 2 heterocycles. The van der Waals surface area contributed by atoms with Crippen LogP contribution >= 0.6 is 0 Å². The standard InChI is InChI=1S/C22H22N2O/c1-21(2)17-10-6-7-11-18(17)24(3)22(21)14-23-20-16-9-5-4-8-15(16)12-13-19(20)25-22/h4-10,12-14,18H,11H2,1-3H3. The van der Waals surface area contributed by atoms with E-state index < -0.39 is 5.72 Å². The highest BCUT2D eigenvalue weighted by Gasteiger charge is 2.62. The quantitative estimate of drug-likeness (QED) is 0.689. The van der Waals surface area contributed by atoms with Crippen molar-refractivity contribution >= 4 is 22.7 Å². The van der Waals surface area contributed by atoms with E-state index in [1.807, 2.05) is 6.21 Å². The minimum atomic E-state index is -0.551. The van der Waals surface area contributed by atoms with Gasteiger partial charge >= 0.3 is 0 Å². The summed E-state index contributed by atoms with van der Waals surface area (Å²) in [6, 6.07) is 12.9. The van der Waals surface area contributed by atoms with Crippen LogP contribution in [0.4, 0.5) is 5.69 Å². The van der Waals surface area contributed by atoms with Gasteiger partial charge in [-0.3, -0.25) is 9.89 Å². The molecule has 2 aromatic rings. The number of likely N-dealkylation sites (N-methyl/N-ethyl adjacent to an activating group) is 1. The smallest absolute Gasteiger partial charge is 0.209 e. The summed E-state index contributed by atoms with van der Waals surface area (Å²) in [7, 11) is 2.16. The van der Waals surface area contributed by atoms with E-state index in [1.54, 1.807) is 0 Å². The maximum atomic E-state index is 6.72. The first-order chi connectivity index (χ1) is 12.0. The van der Waals surface area contributed by atoms with Crippen molar-refractivity contribution in [1.29, 1.82) is 0 Å². The van der Waals surface area contributed by atoms with Crippen LogP contribution in [-0.2, 0) is 0 Å². The Bertz CT molecular complexity index is 969. The van der Waals surface area contributed by atoms with Crippen LogP contribution in [0.5, 0.6) is 5.75 Å². The minimum absolute atomic E-state index is 0.149. The van der Waals surface area contributed by atoms with E-state index in [0.717, 1.165) is 23.2 Å². The third kappa shape index (κ3) is 1.77. The molecule has 2 atom stereocenters. The molecule has 0 amide bonds. The summed E-state index contributed by atoms with van der Waals surface area (Å²) in [5.74, 6) is 0.869. The van der Waals surface area contributed by atoms with Crippen LogP contribution in [0.2, 0.25) is 0 Å². The fourth-order valence-electron chi connectivity index (χ4n) is 4.74. The Hall–Kier alpha value is -2.39. The first-order valence-electron chi connectivity index (χ1n) is 8.91. The van der Waals surface area contributed by atoms with E-state index in [2.05, 4.69) is 80.4 Å². The topological polar surface area (TPSA) is 24.8 Å². The zero-order valence-electron chi connectivity index (χ0n) is 14.9. The number of hydrogen-bond acceptors (Lipinski definition) is 3. The van der Waals surface area contributed by atoms with Crippen molar-refractivity contribution in [3.63, 3.8) is 0 Å². The Morgan fingerprint density at radius 3 is 2.84 bits per heavy atom. The highest BCUT2D eigenvalue weighted by molar-refractivity contribution is 5.98. The van der Waals surface area contributed by atoms with E-state index in [4.69, 9.17) is 9.73 Å². The average molecular weight is 330 g/mol. The van der Waals surface area contributed by atoms with Crippen molar-refractivity contribution in [2.45, 2.75) is 32.0 Å². The van der Waals surface area contributed by atoms with Crippen LogP contribution in [0, 0.1) is 5.41 Å². The molecule has 1 aliphatic carbocycles. The van der Waals surface area contributed by atoms with Crippen molar-refractivity contribution in [2.24, 2.45) is 10.4 Å². The second kappa shape index (κ2) is 4.83. The SMILES string of the molecule is CN1C2CC=CC=C2C(C)(C)C12C=Nc1c(ccc3ccccc13)O2. The number of hydrogen-bond donors (Lipinski definition) is 0. The lowest BCUT2D eigenvalue weighted by atomic mass is 9.75. The summed E-state index contributed by atoms with van der Waals surface area (Å²) >= 11 is 0. The van der Waals surface area contributed by atoms with E-state index >= 15 is 0 Å². The van der Waals surface area contributed by atoms with Gasteiger partial charge in [0.2, 0.25) is 5.72 Å². The Kier molecular flexibility index (Phi) is 2.88. The molecule has 1 saturated heterocycles. The van der Waals surface area contributed by atoms with Crippen LogP contribution < -0.4 is 4.74 Å². The van der Waals surface area contributed by atoms with Gasteiger partial charge in [0.15, 0.2) is 0 Å². The molecule has 1 spiro atoms. The number of allylic oxidation sites excluding steroid dienone is 2. The van der Waals surface area contributed by atoms with Gasteiger partial charge in [0, 0.05) is 16.8 Å². The first-order valence-corrected chi connectivity index (χ1v) is 8.91. The summed E-state index contributed by atoms with van der Waals surface area (Å²) in [6.45, 7) is 4.54. The van der Waals surface area contributed by atoms with Gasteiger partial charge in [0.25, 0.3) is 0 Å². The lowest BCUT2D eigenvalue weighted by Crippen LogP contribution is -2.58. The number of ether oxygens (including phenoxy) is 1. The summed E-state index contributed by atoms with van der Waals surface area (Å²) in [6.07, 6.45) is 9.71. The Morgan fingerprint density at radius 2 is 2.00 bits per heavy atom. The van der Waals surface area contributed by atoms with Crippen molar-refractivity contribution in [3.8, 4) is 5.75 Å². The average Bonchev–Trinajstić information content (AvgIpc) is 2.81. The maximum absolute atomic E-state index is 6.72. The van der Waals surface area contributed by atoms with Gasteiger partial charge in [-0.2, -0.15) is 0 Å². The van der Waals surface area contributed by atoms with Gasteiger partial charge in [0.05, 0.1) is 6.21 Å². The zero-order chi connectivity index (χ0) is 17.2. The minimum Gasteiger partial charge on any atom is -0.464 e. The third-order valence-corrected chi connectivity index (χ3v) is 6.24. The molecular weight excluding hydrogens is 308 g/mol. The van der Waals surface area contributed by atoms with Crippen molar-refractivity contribution in [2.75, 3.05) is 7.05 Å². The molecule has 5 rings (SSSR count). The molecule has 2 aliphatic heterocycles. The van der Waals surface area contributed by atoms with Gasteiger partial charge in [-0.15, -0.1) is 0 Å². The number of fused-ring (bicyclic) bond motifs is 4. The van der Waals surface area contributed by atoms with E-state index in [1.165, 1.54) is 11.0 Å². The number of nitrogens with zero attached hydrogens (tertiary/aromatic N) is 2. The normalized spacial score (nSPS) is 29.4. The predicted molar refractivity (Wildman–Crippen MR) is 103 cm³/mol. The van der Waals surface area contributed by atoms with E-state index in [0.29, 0.717) is 6.04 Å². The van der Waals surface area contributed by atoms with Crippen LogP contribution in [0.15, 0.2) is 65.2 Å². The van der Waals surface area contributed by atoms with Crippen molar-refractivity contribution in [1.82, 2.24) is 4.90 Å². The summed E-state index contributed by atoms with van der Waals surface area (Å²) in [5, 5.41) is 2.33. The number of rotatable bonds is 0. The first kappa shape index (κ1) is 14.9. The molecule has 3 heteroatoms. The molecule has 2 unspecified atom stereocenters. The van der Waals surface area contributed by atoms with Crippen LogP contribution in [-0.4, -0.2) is 29.9 Å². The van der Waals surface area contributed by atoms with Crippen LogP contribution in [0.25, 0.3) is 10.8 Å². The summed E-state index contributed by atoms with van der Waals surface area (Å²) < 4.78 is 6.72. The fourth-order valence-corrected chi connectivity index (χ4v) is 4.74. The molecule has 0 N–H and O–H groups in total. The van der Waals surface area contributed by atoms with Crippen molar-refractivity contribution in [3.05, 3.63) is 60.2 Å². The Balaban J connectivity index is 1.69. The van der Waals surface area contributed by atoms with Gasteiger partial charge in [-0.05, 0) is 30.5 Å². The summed E-state index contributed by atoms with van der Waals surface area (Å²) in [5.41, 5.74) is 1.66. The lowest BCUT2D eigenvalue weighted by Gasteiger charge is -2.44. The highest BCUT2D eigenvalue weighted by Crippen LogP contribution is 2.55. The second-order valence-electron chi connectivity index (χ2n) is 7.73. The third-order valence-electron chi connectivity index (χ3n) is 6.24. The molecule has 2 aromatic carbocycles. The summed E-state index contributed by atoms with van der Waals surface area (Å²) in [4.78, 5) is 7.27. The van der Waals surface area contributed by atoms with Gasteiger partial charge in [-0.1, -0.05) is 62.4 Å². The Morgan fingerprint density at radius 1 is 1.16 bits per heavy atom. The number of benzene rings is 2. The fraction of sp³-hybridized carbons (Fsp3) is 0.318. The molecule has 0 bridgehead atoms. The molecule has 1 fully saturated rings. The van der Waals surface area contributed by atoms with E-state index in [9.17, 15) is 0 Å². The lowest BCUT2D eigenvalue weighted by molar-refractivity contribution is -0.0493. The van der Waals surface area contributed by atoms with Gasteiger partial charge < -0.3 is 4.74 Å². The molecule has 0 radical (unpaired) electrons. The van der Waals surface area contributed by atoms with Gasteiger partial charge in [0.1, 0.15) is 11.4 Å². The molecule has 0 aromatic heterocycles. The second-order valence-corrected chi connectivity index (χ2v) is 7.73. The maximum Gasteiger partial charge on any atom is 0.209 e. The predicted octanol–water partition coefficient (Wildman–Crippen LogP) is 4.86. The Labute approximate surface area is 148 Å². The van der Waals surface area contributed by atoms with Crippen molar-refractivity contribution < 1.29 is 4.74 Å². The highest BCUT2D eigenvalue weighted by atomic mass is 16.5.